The van der Waals surface area contributed by atoms with Crippen LogP contribution in [0, 0.1) is 5.41 Å². The maximum absolute atomic E-state index is 5.62. The molecule has 0 aliphatic rings. The van der Waals surface area contributed by atoms with E-state index >= 15 is 0 Å². The summed E-state index contributed by atoms with van der Waals surface area (Å²) in [4.78, 5) is 0. The van der Waals surface area contributed by atoms with Gasteiger partial charge in [-0.05, 0) is 57.2 Å². The summed E-state index contributed by atoms with van der Waals surface area (Å²) in [7, 11) is 0. The van der Waals surface area contributed by atoms with Crippen LogP contribution in [0.4, 0.5) is 0 Å². The Morgan fingerprint density at radius 3 is 1.64 bits per heavy atom. The number of nitrogens with two attached hydrogens (primary N) is 3. The first-order valence-electron chi connectivity index (χ1n) is 5.48. The van der Waals surface area contributed by atoms with Gasteiger partial charge >= 0.3 is 0 Å². The first kappa shape index (κ1) is 13.6. The van der Waals surface area contributed by atoms with Crippen LogP contribution in [0.1, 0.15) is 32.1 Å². The smallest absolute Gasteiger partial charge is 0.00690 e. The second-order valence-electron chi connectivity index (χ2n) is 3.89. The molecule has 0 unspecified atom stereocenters. The van der Waals surface area contributed by atoms with Crippen molar-refractivity contribution in [2.75, 3.05) is 19.6 Å². The van der Waals surface area contributed by atoms with Crippen molar-refractivity contribution in [2.24, 2.45) is 22.6 Å². The van der Waals surface area contributed by atoms with Crippen molar-refractivity contribution in [3.63, 3.8) is 0 Å². The summed E-state index contributed by atoms with van der Waals surface area (Å²) in [6, 6.07) is 0. The predicted octanol–water partition coefficient (Wildman–Crippen LogP) is 0.985. The lowest BCUT2D eigenvalue weighted by molar-refractivity contribution is 0.291. The highest BCUT2D eigenvalue weighted by atomic mass is 14.6. The summed E-state index contributed by atoms with van der Waals surface area (Å²) >= 11 is 0. The van der Waals surface area contributed by atoms with Gasteiger partial charge in [0.1, 0.15) is 0 Å². The molecule has 3 heteroatoms. The molecule has 14 heavy (non-hydrogen) atoms. The van der Waals surface area contributed by atoms with E-state index < -0.39 is 0 Å². The highest BCUT2D eigenvalue weighted by Crippen LogP contribution is 2.34. The van der Waals surface area contributed by atoms with Crippen LogP contribution >= 0.6 is 0 Å². The summed E-state index contributed by atoms with van der Waals surface area (Å²) in [5.41, 5.74) is 16.8. The molecule has 0 bridgehead atoms. The third-order valence-corrected chi connectivity index (χ3v) is 2.83. The maximum atomic E-state index is 5.62. The molecule has 0 fully saturated rings. The monoisotopic (exact) mass is 199 g/mol. The van der Waals surface area contributed by atoms with Crippen LogP contribution in [0.25, 0.3) is 0 Å². The molecule has 3 nitrogen and oxygen atoms in total. The van der Waals surface area contributed by atoms with E-state index in [0.29, 0.717) is 6.54 Å². The van der Waals surface area contributed by atoms with Crippen LogP contribution in [0.15, 0.2) is 12.7 Å². The fourth-order valence-corrected chi connectivity index (χ4v) is 1.88. The molecular weight excluding hydrogens is 174 g/mol. The zero-order valence-electron chi connectivity index (χ0n) is 9.17. The minimum Gasteiger partial charge on any atom is -0.330 e. The van der Waals surface area contributed by atoms with Gasteiger partial charge < -0.3 is 17.2 Å². The average molecular weight is 199 g/mol. The molecule has 0 aliphatic heterocycles. The predicted molar refractivity (Wildman–Crippen MR) is 62.9 cm³/mol. The van der Waals surface area contributed by atoms with Crippen LogP contribution in [0.3, 0.4) is 0 Å². The van der Waals surface area contributed by atoms with Gasteiger partial charge in [0.2, 0.25) is 0 Å². The summed E-state index contributed by atoms with van der Waals surface area (Å²) in [6.07, 6.45) is 7.29. The molecular formula is C11H25N3. The molecule has 0 aromatic heterocycles. The molecule has 0 spiro atoms. The Morgan fingerprint density at radius 1 is 0.857 bits per heavy atom. The second kappa shape index (κ2) is 7.97. The van der Waals surface area contributed by atoms with Crippen LogP contribution in [-0.2, 0) is 0 Å². The third kappa shape index (κ3) is 4.74. The molecule has 0 amide bonds. The lowest BCUT2D eigenvalue weighted by Gasteiger charge is -2.30. The van der Waals surface area contributed by atoms with Gasteiger partial charge in [-0.3, -0.25) is 0 Å². The number of rotatable bonds is 9. The highest BCUT2D eigenvalue weighted by molar-refractivity contribution is 4.95. The third-order valence-electron chi connectivity index (χ3n) is 2.83. The van der Waals surface area contributed by atoms with Gasteiger partial charge in [-0.25, -0.2) is 0 Å². The highest BCUT2D eigenvalue weighted by Gasteiger charge is 2.23. The summed E-state index contributed by atoms with van der Waals surface area (Å²) in [5, 5.41) is 0. The van der Waals surface area contributed by atoms with Crippen molar-refractivity contribution in [3.8, 4) is 0 Å². The van der Waals surface area contributed by atoms with Crippen LogP contribution in [-0.4, -0.2) is 19.6 Å². The lowest BCUT2D eigenvalue weighted by atomic mass is 9.76. The Balaban J connectivity index is 4.18. The van der Waals surface area contributed by atoms with Gasteiger partial charge in [0.05, 0.1) is 0 Å². The molecule has 0 saturated carbocycles. The number of hydrogen-bond donors (Lipinski definition) is 3. The first-order chi connectivity index (χ1) is 6.74. The molecule has 0 saturated heterocycles. The van der Waals surface area contributed by atoms with E-state index in [1.165, 1.54) is 0 Å². The van der Waals surface area contributed by atoms with E-state index in [4.69, 9.17) is 17.2 Å². The summed E-state index contributed by atoms with van der Waals surface area (Å²) < 4.78 is 0. The molecule has 0 aromatic rings. The van der Waals surface area contributed by atoms with Crippen molar-refractivity contribution in [1.82, 2.24) is 0 Å². The van der Waals surface area contributed by atoms with Crippen molar-refractivity contribution >= 4 is 0 Å². The normalized spacial score (nSPS) is 11.6. The maximum Gasteiger partial charge on any atom is -0.00690 e. The van der Waals surface area contributed by atoms with Gasteiger partial charge in [-0.15, -0.1) is 6.58 Å². The minimum absolute atomic E-state index is 0.174. The zero-order valence-corrected chi connectivity index (χ0v) is 9.17. The topological polar surface area (TPSA) is 78.1 Å². The summed E-state index contributed by atoms with van der Waals surface area (Å²) in [6.45, 7) is 6.11. The fraction of sp³-hybridized carbons (Fsp3) is 0.818. The van der Waals surface area contributed by atoms with Crippen molar-refractivity contribution < 1.29 is 0 Å². The van der Waals surface area contributed by atoms with E-state index in [0.717, 1.165) is 45.2 Å². The Morgan fingerprint density at radius 2 is 1.36 bits per heavy atom. The molecule has 84 valence electrons. The van der Waals surface area contributed by atoms with Gasteiger partial charge in [-0.2, -0.15) is 0 Å². The minimum atomic E-state index is 0.174. The molecule has 0 aliphatic carbocycles. The van der Waals surface area contributed by atoms with Crippen molar-refractivity contribution in [1.29, 1.82) is 0 Å². The van der Waals surface area contributed by atoms with Gasteiger partial charge in [0, 0.05) is 0 Å². The van der Waals surface area contributed by atoms with Crippen LogP contribution < -0.4 is 17.2 Å². The number of allylic oxidation sites excluding steroid dienone is 1. The Hall–Kier alpha value is -0.380. The quantitative estimate of drug-likeness (QED) is 0.484. The van der Waals surface area contributed by atoms with E-state index in [-0.39, 0.29) is 5.41 Å². The average Bonchev–Trinajstić information content (AvgIpc) is 2.22. The van der Waals surface area contributed by atoms with E-state index in [1.54, 1.807) is 0 Å². The zero-order chi connectivity index (χ0) is 10.9. The molecule has 6 N–H and O–H groups in total. The van der Waals surface area contributed by atoms with Crippen molar-refractivity contribution in [3.05, 3.63) is 12.7 Å². The van der Waals surface area contributed by atoms with E-state index in [2.05, 4.69) is 6.58 Å². The number of hydrogen-bond acceptors (Lipinski definition) is 3. The molecule has 0 aromatic carbocycles. The molecule has 0 rings (SSSR count). The Kier molecular flexibility index (Phi) is 7.76. The largest absolute Gasteiger partial charge is 0.330 e. The van der Waals surface area contributed by atoms with E-state index in [9.17, 15) is 0 Å². The lowest BCUT2D eigenvalue weighted by Crippen LogP contribution is -2.24. The molecule has 0 atom stereocenters. The molecule has 0 heterocycles. The van der Waals surface area contributed by atoms with Gasteiger partial charge in [0.25, 0.3) is 0 Å². The van der Waals surface area contributed by atoms with Gasteiger partial charge in [0.15, 0.2) is 0 Å². The van der Waals surface area contributed by atoms with Crippen LogP contribution in [0.2, 0.25) is 0 Å². The molecule has 0 radical (unpaired) electrons. The SMILES string of the molecule is C=CC(CCN)(CCCN)CCCN. The standard InChI is InChI=1S/C11H25N3/c1-2-11(7-10-14,5-3-8-12)6-4-9-13/h2H,1,3-10,12-14H2. The van der Waals surface area contributed by atoms with E-state index in [1.807, 2.05) is 6.08 Å². The van der Waals surface area contributed by atoms with Crippen LogP contribution in [0.5, 0.6) is 0 Å². The summed E-state index contributed by atoms with van der Waals surface area (Å²) in [5.74, 6) is 0. The fourth-order valence-electron chi connectivity index (χ4n) is 1.88. The van der Waals surface area contributed by atoms with Crippen molar-refractivity contribution in [2.45, 2.75) is 32.1 Å². The van der Waals surface area contributed by atoms with Gasteiger partial charge in [-0.1, -0.05) is 6.08 Å². The first-order valence-corrected chi connectivity index (χ1v) is 5.48. The second-order valence-corrected chi connectivity index (χ2v) is 3.89. The Bertz CT molecular complexity index is 137. The Labute approximate surface area is 87.7 Å².